The van der Waals surface area contributed by atoms with E-state index >= 15 is 0 Å². The summed E-state index contributed by atoms with van der Waals surface area (Å²) in [5, 5.41) is 18.6. The molecule has 3 rings (SSSR count). The summed E-state index contributed by atoms with van der Waals surface area (Å²) in [7, 11) is 3.66. The molecule has 2 aliphatic rings. The molecule has 1 spiro atoms. The Kier molecular flexibility index (Phi) is 13.0. The van der Waals surface area contributed by atoms with Gasteiger partial charge in [0.15, 0.2) is 0 Å². The van der Waals surface area contributed by atoms with Crippen LogP contribution in [-0.2, 0) is 25.7 Å². The lowest BCUT2D eigenvalue weighted by molar-refractivity contribution is -0.193. The summed E-state index contributed by atoms with van der Waals surface area (Å²) in [6, 6.07) is 2.22. The van der Waals surface area contributed by atoms with Gasteiger partial charge in [-0.1, -0.05) is 0 Å². The smallest absolute Gasteiger partial charge is 0.475 e. The van der Waals surface area contributed by atoms with E-state index in [4.69, 9.17) is 24.5 Å². The number of carboxylic acids is 2. The maximum absolute atomic E-state index is 12.1. The Labute approximate surface area is 219 Å². The van der Waals surface area contributed by atoms with Crippen LogP contribution in [0.2, 0.25) is 0 Å². The van der Waals surface area contributed by atoms with Crippen LogP contribution < -0.4 is 0 Å². The Hall–Kier alpha value is -2.43. The minimum Gasteiger partial charge on any atom is -0.475 e. The van der Waals surface area contributed by atoms with E-state index in [9.17, 15) is 31.1 Å². The molecule has 38 heavy (non-hydrogen) atoms. The van der Waals surface area contributed by atoms with Gasteiger partial charge in [-0.15, -0.1) is 0 Å². The minimum atomic E-state index is -5.08. The van der Waals surface area contributed by atoms with E-state index in [0.29, 0.717) is 6.54 Å². The van der Waals surface area contributed by atoms with Gasteiger partial charge in [0.05, 0.1) is 19.8 Å². The number of likely N-dealkylation sites (tertiary alicyclic amines) is 1. The van der Waals surface area contributed by atoms with E-state index in [-0.39, 0.29) is 11.3 Å². The summed E-state index contributed by atoms with van der Waals surface area (Å²) in [6.45, 7) is 7.23. The number of thiophene rings is 1. The lowest BCUT2D eigenvalue weighted by atomic mass is 9.78. The van der Waals surface area contributed by atoms with Crippen molar-refractivity contribution in [1.82, 2.24) is 14.7 Å². The molecule has 1 aromatic rings. The Morgan fingerprint density at radius 2 is 1.53 bits per heavy atom. The van der Waals surface area contributed by atoms with Gasteiger partial charge >= 0.3 is 24.3 Å². The molecule has 218 valence electrons. The molecular weight excluding hydrogens is 548 g/mol. The van der Waals surface area contributed by atoms with E-state index in [0.717, 1.165) is 58.8 Å². The minimum absolute atomic E-state index is 0.182. The standard InChI is InChI=1S/C18H29N3O2S.2C2HF3O2/c1-19(2)17(22)12-21-8-9-23-15-18(14-21)4-6-20(7-5-18)11-16-3-10-24-13-16;2*3-2(4,5)1(6)7/h3,10,13H,4-9,11-12,14-15H2,1-2H3;2*(H,6,7). The molecule has 0 aliphatic carbocycles. The van der Waals surface area contributed by atoms with E-state index in [1.54, 1.807) is 16.2 Å². The van der Waals surface area contributed by atoms with Gasteiger partial charge in [-0.3, -0.25) is 14.6 Å². The second-order valence-corrected chi connectivity index (χ2v) is 9.85. The molecule has 0 atom stereocenters. The molecule has 0 aromatic carbocycles. The predicted molar refractivity (Wildman–Crippen MR) is 125 cm³/mol. The average molecular weight is 580 g/mol. The van der Waals surface area contributed by atoms with Gasteiger partial charge < -0.3 is 19.8 Å². The molecule has 0 bridgehead atoms. The molecule has 1 amide bonds. The van der Waals surface area contributed by atoms with Crippen molar-refractivity contribution in [2.75, 3.05) is 60.0 Å². The highest BCUT2D eigenvalue weighted by Crippen LogP contribution is 2.35. The molecule has 0 saturated carbocycles. The number of likely N-dealkylation sites (N-methyl/N-ethyl adjacent to an activating group) is 1. The zero-order valence-corrected chi connectivity index (χ0v) is 21.7. The molecule has 3 heterocycles. The van der Waals surface area contributed by atoms with Crippen molar-refractivity contribution in [2.24, 2.45) is 5.41 Å². The van der Waals surface area contributed by atoms with Gasteiger partial charge in [0, 0.05) is 39.1 Å². The molecule has 16 heteroatoms. The summed E-state index contributed by atoms with van der Waals surface area (Å²) < 4.78 is 69.4. The first-order valence-electron chi connectivity index (χ1n) is 11.3. The monoisotopic (exact) mass is 579 g/mol. The van der Waals surface area contributed by atoms with E-state index < -0.39 is 24.3 Å². The summed E-state index contributed by atoms with van der Waals surface area (Å²) in [5.74, 6) is -5.33. The summed E-state index contributed by atoms with van der Waals surface area (Å²) in [5.41, 5.74) is 1.64. The van der Waals surface area contributed by atoms with Crippen molar-refractivity contribution in [3.05, 3.63) is 22.4 Å². The first-order chi connectivity index (χ1) is 17.4. The SMILES string of the molecule is CN(C)C(=O)CN1CCOCC2(CCN(Cc3ccsc3)CC2)C1.O=C(O)C(F)(F)F.O=C(O)C(F)(F)F. The molecule has 0 radical (unpaired) electrons. The number of alkyl halides is 6. The second kappa shape index (κ2) is 14.6. The number of ether oxygens (including phenoxy) is 1. The lowest BCUT2D eigenvalue weighted by Gasteiger charge is -2.42. The van der Waals surface area contributed by atoms with Crippen LogP contribution in [0, 0.1) is 5.41 Å². The second-order valence-electron chi connectivity index (χ2n) is 9.06. The number of piperidine rings is 1. The molecular formula is C22H31F6N3O6S. The van der Waals surface area contributed by atoms with Crippen LogP contribution in [0.3, 0.4) is 0 Å². The maximum atomic E-state index is 12.1. The van der Waals surface area contributed by atoms with Gasteiger partial charge in [0.1, 0.15) is 0 Å². The van der Waals surface area contributed by atoms with E-state index in [1.807, 2.05) is 14.1 Å². The highest BCUT2D eigenvalue weighted by Gasteiger charge is 2.39. The number of carboxylic acid groups (broad SMARTS) is 2. The quantitative estimate of drug-likeness (QED) is 0.524. The number of carbonyl (C=O) groups is 3. The molecule has 9 nitrogen and oxygen atoms in total. The lowest BCUT2D eigenvalue weighted by Crippen LogP contribution is -2.48. The van der Waals surface area contributed by atoms with Crippen molar-refractivity contribution >= 4 is 29.2 Å². The molecule has 2 saturated heterocycles. The fourth-order valence-corrected chi connectivity index (χ4v) is 4.34. The number of halogens is 6. The van der Waals surface area contributed by atoms with Crippen LogP contribution in [0.4, 0.5) is 26.3 Å². The van der Waals surface area contributed by atoms with Crippen LogP contribution >= 0.6 is 11.3 Å². The van der Waals surface area contributed by atoms with Gasteiger partial charge in [-0.2, -0.15) is 37.7 Å². The molecule has 1 aromatic heterocycles. The Morgan fingerprint density at radius 1 is 1.00 bits per heavy atom. The fourth-order valence-electron chi connectivity index (χ4n) is 3.68. The topological polar surface area (TPSA) is 111 Å². The normalized spacial score (nSPS) is 18.3. The predicted octanol–water partition coefficient (Wildman–Crippen LogP) is 3.02. The zero-order valence-electron chi connectivity index (χ0n) is 20.8. The third-order valence-electron chi connectivity index (χ3n) is 5.76. The number of nitrogens with zero attached hydrogens (tertiary/aromatic N) is 3. The number of rotatable bonds is 4. The van der Waals surface area contributed by atoms with Gasteiger partial charge in [0.2, 0.25) is 5.91 Å². The average Bonchev–Trinajstić information content (AvgIpc) is 3.23. The van der Waals surface area contributed by atoms with E-state index in [1.165, 1.54) is 5.56 Å². The zero-order chi connectivity index (χ0) is 29.1. The molecule has 0 unspecified atom stereocenters. The fraction of sp³-hybridized carbons (Fsp3) is 0.682. The van der Waals surface area contributed by atoms with Crippen molar-refractivity contribution < 1.29 is 55.7 Å². The van der Waals surface area contributed by atoms with Crippen molar-refractivity contribution in [3.63, 3.8) is 0 Å². The Morgan fingerprint density at radius 3 is 1.95 bits per heavy atom. The third-order valence-corrected chi connectivity index (χ3v) is 6.50. The van der Waals surface area contributed by atoms with Crippen LogP contribution in [0.15, 0.2) is 16.8 Å². The highest BCUT2D eigenvalue weighted by atomic mass is 32.1. The molecule has 2 aliphatic heterocycles. The van der Waals surface area contributed by atoms with Crippen molar-refractivity contribution in [3.8, 4) is 0 Å². The van der Waals surface area contributed by atoms with Crippen LogP contribution in [0.1, 0.15) is 18.4 Å². The molecule has 2 fully saturated rings. The van der Waals surface area contributed by atoms with Crippen LogP contribution in [0.25, 0.3) is 0 Å². The first kappa shape index (κ1) is 33.6. The number of hydrogen-bond acceptors (Lipinski definition) is 7. The number of hydrogen-bond donors (Lipinski definition) is 2. The summed E-state index contributed by atoms with van der Waals surface area (Å²) >= 11 is 1.77. The molecule has 2 N–H and O–H groups in total. The highest BCUT2D eigenvalue weighted by molar-refractivity contribution is 7.07. The van der Waals surface area contributed by atoms with Crippen molar-refractivity contribution in [2.45, 2.75) is 31.7 Å². The maximum Gasteiger partial charge on any atom is 0.490 e. The van der Waals surface area contributed by atoms with Gasteiger partial charge in [-0.05, 0) is 48.3 Å². The van der Waals surface area contributed by atoms with Crippen LogP contribution in [0.5, 0.6) is 0 Å². The van der Waals surface area contributed by atoms with E-state index in [2.05, 4.69) is 26.6 Å². The Bertz CT molecular complexity index is 863. The Balaban J connectivity index is 0.000000426. The third kappa shape index (κ3) is 12.4. The summed E-state index contributed by atoms with van der Waals surface area (Å²) in [4.78, 5) is 36.4. The number of aliphatic carboxylic acids is 2. The number of amides is 1. The summed E-state index contributed by atoms with van der Waals surface area (Å²) in [6.07, 6.45) is -7.85. The van der Waals surface area contributed by atoms with Crippen LogP contribution in [-0.4, -0.2) is 115 Å². The largest absolute Gasteiger partial charge is 0.490 e. The number of carbonyl (C=O) groups excluding carboxylic acids is 1. The van der Waals surface area contributed by atoms with Gasteiger partial charge in [-0.25, -0.2) is 9.59 Å². The first-order valence-corrected chi connectivity index (χ1v) is 12.2. The van der Waals surface area contributed by atoms with Gasteiger partial charge in [0.25, 0.3) is 0 Å². The van der Waals surface area contributed by atoms with Crippen molar-refractivity contribution in [1.29, 1.82) is 0 Å².